The Bertz CT molecular complexity index is 98.6. The monoisotopic (exact) mass is 136 g/mol. The Morgan fingerprint density at radius 3 is 2.25 bits per heavy atom. The van der Waals surface area contributed by atoms with Gasteiger partial charge in [0.1, 0.15) is 4.87 Å². The van der Waals surface area contributed by atoms with Crippen molar-refractivity contribution in [2.75, 3.05) is 6.61 Å². The Morgan fingerprint density at radius 2 is 2.25 bits per heavy atom. The van der Waals surface area contributed by atoms with E-state index in [1.807, 2.05) is 0 Å². The lowest BCUT2D eigenvalue weighted by molar-refractivity contribution is -0.120. The van der Waals surface area contributed by atoms with Gasteiger partial charge in [-0.05, 0) is 13.8 Å². The van der Waals surface area contributed by atoms with Crippen molar-refractivity contribution in [2.45, 2.75) is 18.7 Å². The maximum absolute atomic E-state index is 10.4. The van der Waals surface area contributed by atoms with Crippen molar-refractivity contribution < 1.29 is 9.90 Å². The first-order valence-corrected chi connectivity index (χ1v) is 2.69. The van der Waals surface area contributed by atoms with E-state index in [0.717, 1.165) is 0 Å². The van der Waals surface area contributed by atoms with Crippen LogP contribution in [0.25, 0.3) is 0 Å². The molecule has 0 aromatic heterocycles. The second kappa shape index (κ2) is 2.46. The van der Waals surface area contributed by atoms with Crippen LogP contribution in [0.15, 0.2) is 0 Å². The predicted molar refractivity (Wildman–Crippen MR) is 32.0 cm³/mol. The molecule has 0 aliphatic heterocycles. The highest BCUT2D eigenvalue weighted by atomic mass is 35.5. The molecule has 0 fully saturated rings. The van der Waals surface area contributed by atoms with Gasteiger partial charge >= 0.3 is 0 Å². The lowest BCUT2D eigenvalue weighted by Gasteiger charge is -2.12. The highest BCUT2D eigenvalue weighted by molar-refractivity contribution is 6.34. The molecule has 3 heteroatoms. The molecule has 8 heavy (non-hydrogen) atoms. The topological polar surface area (TPSA) is 37.3 Å². The number of hydrogen-bond donors (Lipinski definition) is 1. The smallest absolute Gasteiger partial charge is 0.152 e. The summed E-state index contributed by atoms with van der Waals surface area (Å²) in [7, 11) is 0. The zero-order valence-corrected chi connectivity index (χ0v) is 5.70. The van der Waals surface area contributed by atoms with Crippen LogP contribution in [0.4, 0.5) is 0 Å². The highest BCUT2D eigenvalue weighted by Gasteiger charge is 2.24. The fraction of sp³-hybridized carbons (Fsp3) is 0.800. The summed E-state index contributed by atoms with van der Waals surface area (Å²) in [5.41, 5.74) is 0. The van der Waals surface area contributed by atoms with Gasteiger partial charge in [-0.15, -0.1) is 11.6 Å². The molecular formula is C5H9ClO2. The predicted octanol–water partition coefficient (Wildman–Crippen LogP) is 0.565. The van der Waals surface area contributed by atoms with E-state index in [-0.39, 0.29) is 12.4 Å². The molecular weight excluding hydrogens is 128 g/mol. The number of alkyl halides is 1. The van der Waals surface area contributed by atoms with E-state index in [0.29, 0.717) is 0 Å². The summed E-state index contributed by atoms with van der Waals surface area (Å²) in [6.07, 6.45) is 0. The number of carbonyl (C=O) groups is 1. The number of aliphatic hydroxyl groups is 1. The number of rotatable bonds is 2. The molecule has 0 aliphatic carbocycles. The van der Waals surface area contributed by atoms with Crippen molar-refractivity contribution in [3.05, 3.63) is 0 Å². The molecule has 1 unspecified atom stereocenters. The quantitative estimate of drug-likeness (QED) is 0.564. The van der Waals surface area contributed by atoms with Crippen LogP contribution in [0.3, 0.4) is 0 Å². The fourth-order valence-corrected chi connectivity index (χ4v) is 0.111. The number of carbonyl (C=O) groups excluding carboxylic acids is 1. The molecule has 0 bridgehead atoms. The molecule has 0 spiro atoms. The summed E-state index contributed by atoms with van der Waals surface area (Å²) in [4.78, 5) is 9.34. The first kappa shape index (κ1) is 7.92. The first-order valence-electron chi connectivity index (χ1n) is 2.31. The van der Waals surface area contributed by atoms with Crippen molar-refractivity contribution >= 4 is 17.4 Å². The van der Waals surface area contributed by atoms with Gasteiger partial charge in [-0.3, -0.25) is 4.79 Å². The SMILES string of the molecule is CC(=O)C(C)(Cl)CO. The van der Waals surface area contributed by atoms with Gasteiger partial charge in [0.05, 0.1) is 6.61 Å². The van der Waals surface area contributed by atoms with Crippen LogP contribution in [-0.4, -0.2) is 22.4 Å². The Kier molecular flexibility index (Phi) is 2.44. The van der Waals surface area contributed by atoms with Gasteiger partial charge in [0, 0.05) is 0 Å². The molecule has 0 rings (SSSR count). The van der Waals surface area contributed by atoms with E-state index in [9.17, 15) is 4.79 Å². The molecule has 2 nitrogen and oxygen atoms in total. The standard InChI is InChI=1S/C5H9ClO2/c1-4(8)5(2,6)3-7/h7H,3H2,1-2H3. The van der Waals surface area contributed by atoms with Crippen molar-refractivity contribution in [3.63, 3.8) is 0 Å². The summed E-state index contributed by atoms with van der Waals surface area (Å²) in [5, 5.41) is 8.41. The van der Waals surface area contributed by atoms with Crippen LogP contribution >= 0.6 is 11.6 Å². The zero-order valence-electron chi connectivity index (χ0n) is 4.94. The molecule has 0 amide bonds. The van der Waals surface area contributed by atoms with E-state index in [4.69, 9.17) is 16.7 Å². The van der Waals surface area contributed by atoms with E-state index in [1.54, 1.807) is 0 Å². The van der Waals surface area contributed by atoms with Gasteiger partial charge in [0.15, 0.2) is 5.78 Å². The van der Waals surface area contributed by atoms with Crippen LogP contribution in [0.1, 0.15) is 13.8 Å². The molecule has 1 N–H and O–H groups in total. The zero-order chi connectivity index (χ0) is 6.78. The molecule has 0 radical (unpaired) electrons. The molecule has 0 saturated carbocycles. The maximum atomic E-state index is 10.4. The third-order valence-electron chi connectivity index (χ3n) is 1.03. The lowest BCUT2D eigenvalue weighted by atomic mass is 10.1. The van der Waals surface area contributed by atoms with E-state index in [2.05, 4.69) is 0 Å². The molecule has 1 atom stereocenters. The summed E-state index contributed by atoms with van der Waals surface area (Å²) in [6, 6.07) is 0. The van der Waals surface area contributed by atoms with E-state index < -0.39 is 4.87 Å². The number of halogens is 1. The van der Waals surface area contributed by atoms with Crippen molar-refractivity contribution in [2.24, 2.45) is 0 Å². The second-order valence-electron chi connectivity index (χ2n) is 1.91. The Morgan fingerprint density at radius 1 is 1.88 bits per heavy atom. The second-order valence-corrected chi connectivity index (χ2v) is 2.75. The normalized spacial score (nSPS) is 17.5. The van der Waals surface area contributed by atoms with Crippen molar-refractivity contribution in [1.29, 1.82) is 0 Å². The van der Waals surface area contributed by atoms with E-state index in [1.165, 1.54) is 13.8 Å². The molecule has 0 aromatic rings. The van der Waals surface area contributed by atoms with E-state index >= 15 is 0 Å². The van der Waals surface area contributed by atoms with Crippen molar-refractivity contribution in [1.82, 2.24) is 0 Å². The number of Topliss-reactive ketones (excluding diaryl/α,β-unsaturated/α-hetero) is 1. The minimum atomic E-state index is -1.07. The fourth-order valence-electron chi connectivity index (χ4n) is 0.111. The summed E-state index contributed by atoms with van der Waals surface area (Å²) in [5.74, 6) is -0.207. The average molecular weight is 137 g/mol. The molecule has 0 aliphatic rings. The van der Waals surface area contributed by atoms with Gasteiger partial charge < -0.3 is 5.11 Å². The number of aliphatic hydroxyl groups excluding tert-OH is 1. The van der Waals surface area contributed by atoms with Gasteiger partial charge in [-0.1, -0.05) is 0 Å². The van der Waals surface area contributed by atoms with Gasteiger partial charge in [0.25, 0.3) is 0 Å². The third kappa shape index (κ3) is 1.80. The minimum absolute atomic E-state index is 0.207. The first-order chi connectivity index (χ1) is 3.50. The van der Waals surface area contributed by atoms with Crippen LogP contribution in [0, 0.1) is 0 Å². The van der Waals surface area contributed by atoms with Gasteiger partial charge in [0.2, 0.25) is 0 Å². The average Bonchev–Trinajstić information content (AvgIpc) is 1.67. The Labute approximate surface area is 53.5 Å². The third-order valence-corrected chi connectivity index (χ3v) is 1.42. The summed E-state index contributed by atoms with van der Waals surface area (Å²) >= 11 is 5.46. The van der Waals surface area contributed by atoms with Crippen LogP contribution in [-0.2, 0) is 4.79 Å². The number of ketones is 1. The lowest BCUT2D eigenvalue weighted by Crippen LogP contribution is -2.30. The minimum Gasteiger partial charge on any atom is -0.394 e. The molecule has 48 valence electrons. The van der Waals surface area contributed by atoms with Crippen LogP contribution < -0.4 is 0 Å². The van der Waals surface area contributed by atoms with Gasteiger partial charge in [-0.25, -0.2) is 0 Å². The molecule has 0 aromatic carbocycles. The Hall–Kier alpha value is -0.0800. The largest absolute Gasteiger partial charge is 0.394 e. The van der Waals surface area contributed by atoms with Crippen LogP contribution in [0.2, 0.25) is 0 Å². The Balaban J connectivity index is 3.91. The highest BCUT2D eigenvalue weighted by Crippen LogP contribution is 2.12. The van der Waals surface area contributed by atoms with Gasteiger partial charge in [-0.2, -0.15) is 0 Å². The van der Waals surface area contributed by atoms with Crippen LogP contribution in [0.5, 0.6) is 0 Å². The molecule has 0 heterocycles. The maximum Gasteiger partial charge on any atom is 0.152 e. The summed E-state index contributed by atoms with van der Waals surface area (Å²) < 4.78 is 0. The summed E-state index contributed by atoms with van der Waals surface area (Å²) in [6.45, 7) is 2.53. The van der Waals surface area contributed by atoms with Crippen molar-refractivity contribution in [3.8, 4) is 0 Å². The number of hydrogen-bond acceptors (Lipinski definition) is 2. The molecule has 0 saturated heterocycles.